The molecular weight excluding hydrogens is 248 g/mol. The van der Waals surface area contributed by atoms with Gasteiger partial charge >= 0.3 is 0 Å². The third-order valence-corrected chi connectivity index (χ3v) is 4.48. The minimum Gasteiger partial charge on any atom is -0.398 e. The fraction of sp³-hybridized carbons (Fsp3) is 0. The largest absolute Gasteiger partial charge is 0.398 e. The van der Waals surface area contributed by atoms with Gasteiger partial charge in [0.25, 0.3) is 10.0 Å². The second-order valence-electron chi connectivity index (χ2n) is 2.91. The maximum atomic E-state index is 11.8. The number of nitrogens with two attached hydrogens (primary N) is 1. The highest BCUT2D eigenvalue weighted by Crippen LogP contribution is 2.23. The van der Waals surface area contributed by atoms with Crippen LogP contribution in [0.1, 0.15) is 0 Å². The number of hydrogen-bond acceptors (Lipinski definition) is 6. The van der Waals surface area contributed by atoms with Gasteiger partial charge in [-0.1, -0.05) is 0 Å². The van der Waals surface area contributed by atoms with Crippen molar-refractivity contribution in [1.82, 2.24) is 10.2 Å². The average molecular weight is 256 g/mol. The smallest absolute Gasteiger partial charge is 0.272 e. The number of sulfonamides is 1. The normalized spacial score (nSPS) is 11.2. The highest BCUT2D eigenvalue weighted by Gasteiger charge is 2.16. The standard InChI is InChI=1S/C8H8N4O2S2/c9-6-4-8(15-5-6)16(13,14)12-7-2-1-3-10-11-7/h1-5H,9H2,(H,11,12). The molecule has 0 atom stereocenters. The van der Waals surface area contributed by atoms with Crippen LogP contribution in [0.3, 0.4) is 0 Å². The summed E-state index contributed by atoms with van der Waals surface area (Å²) >= 11 is 1.05. The zero-order chi connectivity index (χ0) is 11.6. The molecule has 0 aromatic carbocycles. The van der Waals surface area contributed by atoms with E-state index in [0.717, 1.165) is 11.3 Å². The van der Waals surface area contributed by atoms with E-state index in [-0.39, 0.29) is 10.0 Å². The highest BCUT2D eigenvalue weighted by atomic mass is 32.2. The molecule has 84 valence electrons. The molecule has 2 aromatic heterocycles. The van der Waals surface area contributed by atoms with Crippen molar-refractivity contribution in [2.75, 3.05) is 10.5 Å². The van der Waals surface area contributed by atoms with E-state index in [2.05, 4.69) is 14.9 Å². The molecule has 0 bridgehead atoms. The lowest BCUT2D eigenvalue weighted by Crippen LogP contribution is -2.12. The first-order valence-electron chi connectivity index (χ1n) is 4.22. The predicted molar refractivity (Wildman–Crippen MR) is 61.6 cm³/mol. The van der Waals surface area contributed by atoms with Crippen LogP contribution in [0.2, 0.25) is 0 Å². The molecule has 6 nitrogen and oxygen atoms in total. The summed E-state index contributed by atoms with van der Waals surface area (Å²) in [5.74, 6) is 0.175. The Morgan fingerprint density at radius 3 is 2.81 bits per heavy atom. The van der Waals surface area contributed by atoms with E-state index < -0.39 is 10.0 Å². The molecule has 0 amide bonds. The molecule has 8 heteroatoms. The first-order chi connectivity index (χ1) is 7.58. The number of thiophene rings is 1. The molecule has 0 saturated heterocycles. The van der Waals surface area contributed by atoms with Crippen LogP contribution < -0.4 is 10.5 Å². The van der Waals surface area contributed by atoms with Gasteiger partial charge in [-0.05, 0) is 18.2 Å². The Labute approximate surface area is 96.2 Å². The van der Waals surface area contributed by atoms with Crippen molar-refractivity contribution >= 4 is 32.9 Å². The van der Waals surface area contributed by atoms with Gasteiger partial charge in [-0.2, -0.15) is 5.10 Å². The van der Waals surface area contributed by atoms with Gasteiger partial charge < -0.3 is 5.73 Å². The van der Waals surface area contributed by atoms with Crippen LogP contribution in [0.5, 0.6) is 0 Å². The highest BCUT2D eigenvalue weighted by molar-refractivity contribution is 7.94. The summed E-state index contributed by atoms with van der Waals surface area (Å²) in [6.07, 6.45) is 1.46. The van der Waals surface area contributed by atoms with Crippen LogP contribution in [0.25, 0.3) is 0 Å². The van der Waals surface area contributed by atoms with Gasteiger partial charge in [0.2, 0.25) is 0 Å². The summed E-state index contributed by atoms with van der Waals surface area (Å²) in [5, 5.41) is 8.76. The van der Waals surface area contributed by atoms with Crippen LogP contribution in [-0.2, 0) is 10.0 Å². The molecule has 0 saturated carbocycles. The Kier molecular flexibility index (Phi) is 2.75. The maximum absolute atomic E-state index is 11.8. The molecule has 0 aliphatic carbocycles. The molecule has 2 heterocycles. The number of nitrogen functional groups attached to an aromatic ring is 1. The van der Waals surface area contributed by atoms with E-state index >= 15 is 0 Å². The van der Waals surface area contributed by atoms with Crippen LogP contribution in [0, 0.1) is 0 Å². The van der Waals surface area contributed by atoms with Crippen molar-refractivity contribution in [3.8, 4) is 0 Å². The molecule has 0 spiro atoms. The zero-order valence-electron chi connectivity index (χ0n) is 7.99. The molecule has 2 rings (SSSR count). The van der Waals surface area contributed by atoms with Gasteiger partial charge in [0.1, 0.15) is 4.21 Å². The number of hydrogen-bond donors (Lipinski definition) is 2. The number of nitrogens with one attached hydrogen (secondary N) is 1. The molecule has 2 aromatic rings. The number of aromatic nitrogens is 2. The fourth-order valence-corrected chi connectivity index (χ4v) is 3.09. The minimum absolute atomic E-state index is 0.149. The molecule has 0 aliphatic heterocycles. The monoisotopic (exact) mass is 256 g/mol. The van der Waals surface area contributed by atoms with Crippen molar-refractivity contribution in [2.24, 2.45) is 0 Å². The van der Waals surface area contributed by atoms with Crippen LogP contribution >= 0.6 is 11.3 Å². The van der Waals surface area contributed by atoms with Crippen molar-refractivity contribution in [1.29, 1.82) is 0 Å². The topological polar surface area (TPSA) is 98.0 Å². The minimum atomic E-state index is -3.61. The van der Waals surface area contributed by atoms with Crippen molar-refractivity contribution in [3.05, 3.63) is 29.8 Å². The lowest BCUT2D eigenvalue weighted by atomic mass is 10.6. The Morgan fingerprint density at radius 2 is 2.25 bits per heavy atom. The molecule has 3 N–H and O–H groups in total. The predicted octanol–water partition coefficient (Wildman–Crippen LogP) is 0.921. The summed E-state index contributed by atoms with van der Waals surface area (Å²) in [6, 6.07) is 4.50. The second-order valence-corrected chi connectivity index (χ2v) is 5.73. The van der Waals surface area contributed by atoms with Crippen molar-refractivity contribution < 1.29 is 8.42 Å². The Hall–Kier alpha value is -1.67. The number of nitrogens with zero attached hydrogens (tertiary/aromatic N) is 2. The quantitative estimate of drug-likeness (QED) is 0.851. The van der Waals surface area contributed by atoms with Crippen molar-refractivity contribution in [2.45, 2.75) is 4.21 Å². The van der Waals surface area contributed by atoms with Gasteiger partial charge in [-0.25, -0.2) is 8.42 Å². The molecule has 0 fully saturated rings. The number of anilines is 2. The van der Waals surface area contributed by atoms with E-state index in [1.165, 1.54) is 18.3 Å². The molecule has 16 heavy (non-hydrogen) atoms. The van der Waals surface area contributed by atoms with E-state index in [0.29, 0.717) is 5.69 Å². The van der Waals surface area contributed by atoms with Gasteiger partial charge in [0, 0.05) is 17.3 Å². The summed E-state index contributed by atoms with van der Waals surface area (Å²) < 4.78 is 26.0. The number of rotatable bonds is 3. The van der Waals surface area contributed by atoms with E-state index in [4.69, 9.17) is 5.73 Å². The summed E-state index contributed by atoms with van der Waals surface area (Å²) in [5.41, 5.74) is 5.88. The van der Waals surface area contributed by atoms with Gasteiger partial charge in [-0.15, -0.1) is 16.4 Å². The molecule has 0 aliphatic rings. The van der Waals surface area contributed by atoms with E-state index in [9.17, 15) is 8.42 Å². The van der Waals surface area contributed by atoms with Crippen LogP contribution in [0.4, 0.5) is 11.5 Å². The Balaban J connectivity index is 2.28. The fourth-order valence-electron chi connectivity index (χ4n) is 1.02. The molecule has 0 radical (unpaired) electrons. The third-order valence-electron chi connectivity index (χ3n) is 1.67. The summed E-state index contributed by atoms with van der Waals surface area (Å²) in [4.78, 5) is 0. The van der Waals surface area contributed by atoms with Gasteiger partial charge in [0.05, 0.1) is 0 Å². The lowest BCUT2D eigenvalue weighted by Gasteiger charge is -2.03. The first-order valence-corrected chi connectivity index (χ1v) is 6.59. The third kappa shape index (κ3) is 2.28. The molecule has 0 unspecified atom stereocenters. The van der Waals surface area contributed by atoms with E-state index in [1.807, 2.05) is 0 Å². The van der Waals surface area contributed by atoms with E-state index in [1.54, 1.807) is 11.4 Å². The second kappa shape index (κ2) is 4.06. The lowest BCUT2D eigenvalue weighted by molar-refractivity contribution is 0.603. The average Bonchev–Trinajstić information content (AvgIpc) is 2.66. The maximum Gasteiger partial charge on any atom is 0.272 e. The van der Waals surface area contributed by atoms with Gasteiger partial charge in [-0.3, -0.25) is 4.72 Å². The zero-order valence-corrected chi connectivity index (χ0v) is 9.62. The summed E-state index contributed by atoms with van der Waals surface area (Å²) in [7, 11) is -3.61. The first kappa shape index (κ1) is 10.8. The van der Waals surface area contributed by atoms with Crippen molar-refractivity contribution in [3.63, 3.8) is 0 Å². The Bertz CT molecular complexity index is 579. The molecular formula is C8H8N4O2S2. The SMILES string of the molecule is Nc1csc(S(=O)(=O)Nc2cccnn2)c1. The Morgan fingerprint density at radius 1 is 1.44 bits per heavy atom. The van der Waals surface area contributed by atoms with Gasteiger partial charge in [0.15, 0.2) is 5.82 Å². The van der Waals surface area contributed by atoms with Crippen LogP contribution in [-0.4, -0.2) is 18.6 Å². The van der Waals surface area contributed by atoms with Crippen LogP contribution in [0.15, 0.2) is 34.0 Å². The summed E-state index contributed by atoms with van der Waals surface area (Å²) in [6.45, 7) is 0.